The van der Waals surface area contributed by atoms with E-state index in [-0.39, 0.29) is 5.91 Å². The van der Waals surface area contributed by atoms with Gasteiger partial charge in [-0.2, -0.15) is 0 Å². The molecule has 0 radical (unpaired) electrons. The van der Waals surface area contributed by atoms with Gasteiger partial charge in [0.1, 0.15) is 4.88 Å². The molecule has 2 aromatic rings. The van der Waals surface area contributed by atoms with Gasteiger partial charge in [0.15, 0.2) is 0 Å². The smallest absolute Gasteiger partial charge is 0.350 e. The van der Waals surface area contributed by atoms with E-state index in [1.807, 2.05) is 6.92 Å². The number of thiophene rings is 1. The van der Waals surface area contributed by atoms with Gasteiger partial charge in [0.2, 0.25) is 0 Å². The highest BCUT2D eigenvalue weighted by molar-refractivity contribution is 9.10. The Morgan fingerprint density at radius 1 is 1.38 bits per heavy atom. The number of anilines is 1. The third kappa shape index (κ3) is 3.45. The Morgan fingerprint density at radius 3 is 2.71 bits per heavy atom. The van der Waals surface area contributed by atoms with Crippen molar-refractivity contribution >= 4 is 56.4 Å². The zero-order valence-corrected chi connectivity index (χ0v) is 14.4. The summed E-state index contributed by atoms with van der Waals surface area (Å²) in [6.07, 6.45) is 0. The van der Waals surface area contributed by atoms with Crippen LogP contribution in [0.15, 0.2) is 28.1 Å². The molecule has 1 aromatic carbocycles. The Balaban J connectivity index is 2.32. The number of carbonyl (C=O) groups is 2. The van der Waals surface area contributed by atoms with Crippen LogP contribution in [0.3, 0.4) is 0 Å². The molecule has 110 valence electrons. The van der Waals surface area contributed by atoms with Crippen LogP contribution < -0.4 is 5.32 Å². The van der Waals surface area contributed by atoms with Crippen molar-refractivity contribution in [2.75, 3.05) is 12.4 Å². The van der Waals surface area contributed by atoms with Gasteiger partial charge in [-0.05, 0) is 52.0 Å². The van der Waals surface area contributed by atoms with E-state index in [1.165, 1.54) is 18.4 Å². The van der Waals surface area contributed by atoms with Gasteiger partial charge in [-0.3, -0.25) is 4.79 Å². The maximum atomic E-state index is 12.3. The Bertz CT molecular complexity index is 714. The first-order valence-electron chi connectivity index (χ1n) is 5.87. The summed E-state index contributed by atoms with van der Waals surface area (Å²) in [5.74, 6) is -0.802. The van der Waals surface area contributed by atoms with Gasteiger partial charge in [-0.25, -0.2) is 4.79 Å². The van der Waals surface area contributed by atoms with Crippen molar-refractivity contribution < 1.29 is 14.3 Å². The number of rotatable bonds is 3. The minimum Gasteiger partial charge on any atom is -0.465 e. The predicted octanol–water partition coefficient (Wildman–Crippen LogP) is 4.51. The topological polar surface area (TPSA) is 55.4 Å². The quantitative estimate of drug-likeness (QED) is 0.787. The molecular weight excluding hydrogens is 378 g/mol. The number of benzene rings is 1. The van der Waals surface area contributed by atoms with E-state index in [0.717, 1.165) is 5.56 Å². The average Bonchev–Trinajstić information content (AvgIpc) is 2.79. The van der Waals surface area contributed by atoms with Gasteiger partial charge in [0, 0.05) is 9.50 Å². The lowest BCUT2D eigenvalue weighted by Gasteiger charge is -2.09. The summed E-state index contributed by atoms with van der Waals surface area (Å²) in [7, 11) is 1.30. The maximum Gasteiger partial charge on any atom is 0.350 e. The van der Waals surface area contributed by atoms with Crippen LogP contribution in [0.2, 0.25) is 5.02 Å². The van der Waals surface area contributed by atoms with Crippen LogP contribution in [0, 0.1) is 6.92 Å². The first-order valence-corrected chi connectivity index (χ1v) is 7.92. The number of methoxy groups -OCH3 is 1. The van der Waals surface area contributed by atoms with Gasteiger partial charge in [-0.15, -0.1) is 11.3 Å². The largest absolute Gasteiger partial charge is 0.465 e. The van der Waals surface area contributed by atoms with E-state index < -0.39 is 5.97 Å². The van der Waals surface area contributed by atoms with Gasteiger partial charge in [-0.1, -0.05) is 11.6 Å². The van der Waals surface area contributed by atoms with E-state index in [0.29, 0.717) is 25.6 Å². The van der Waals surface area contributed by atoms with Crippen LogP contribution in [-0.4, -0.2) is 19.0 Å². The summed E-state index contributed by atoms with van der Waals surface area (Å²) in [4.78, 5) is 24.4. The number of esters is 1. The van der Waals surface area contributed by atoms with Crippen LogP contribution in [0.4, 0.5) is 5.69 Å². The van der Waals surface area contributed by atoms with E-state index >= 15 is 0 Å². The molecule has 0 unspecified atom stereocenters. The molecule has 0 aliphatic rings. The van der Waals surface area contributed by atoms with E-state index in [2.05, 4.69) is 21.2 Å². The molecule has 0 atom stereocenters. The van der Waals surface area contributed by atoms with Crippen LogP contribution in [0.25, 0.3) is 0 Å². The first kappa shape index (κ1) is 16.0. The standard InChI is InChI=1S/C14H11BrClNO3S/c1-7-6-21-12(14(19)20-2)11(7)17-13(18)9-4-3-8(16)5-10(9)15/h3-6H,1-2H3,(H,17,18). The maximum absolute atomic E-state index is 12.3. The first-order chi connectivity index (χ1) is 9.93. The molecule has 21 heavy (non-hydrogen) atoms. The second-order valence-electron chi connectivity index (χ2n) is 4.19. The van der Waals surface area contributed by atoms with Crippen molar-refractivity contribution in [1.82, 2.24) is 0 Å². The summed E-state index contributed by atoms with van der Waals surface area (Å²) in [5.41, 5.74) is 1.71. The van der Waals surface area contributed by atoms with Crippen molar-refractivity contribution in [2.24, 2.45) is 0 Å². The average molecular weight is 389 g/mol. The number of hydrogen-bond acceptors (Lipinski definition) is 4. The van der Waals surface area contributed by atoms with Crippen molar-refractivity contribution in [3.8, 4) is 0 Å². The lowest BCUT2D eigenvalue weighted by molar-refractivity contribution is 0.0607. The number of amides is 1. The van der Waals surface area contributed by atoms with E-state index in [4.69, 9.17) is 16.3 Å². The lowest BCUT2D eigenvalue weighted by atomic mass is 10.2. The van der Waals surface area contributed by atoms with Crippen molar-refractivity contribution in [1.29, 1.82) is 0 Å². The van der Waals surface area contributed by atoms with Crippen molar-refractivity contribution in [3.63, 3.8) is 0 Å². The number of carbonyl (C=O) groups excluding carboxylic acids is 2. The Kier molecular flexibility index (Phi) is 5.03. The molecule has 0 fully saturated rings. The van der Waals surface area contributed by atoms with Crippen LogP contribution in [0.1, 0.15) is 25.6 Å². The second kappa shape index (κ2) is 6.60. The minimum absolute atomic E-state index is 0.329. The predicted molar refractivity (Wildman–Crippen MR) is 87.5 cm³/mol. The third-order valence-corrected chi connectivity index (χ3v) is 4.73. The zero-order valence-electron chi connectivity index (χ0n) is 11.2. The fourth-order valence-corrected chi connectivity index (χ4v) is 3.48. The Labute approximate surface area is 139 Å². The molecule has 1 amide bonds. The summed E-state index contributed by atoms with van der Waals surface area (Å²) < 4.78 is 5.29. The molecule has 1 aromatic heterocycles. The normalized spacial score (nSPS) is 10.3. The number of halogens is 2. The lowest BCUT2D eigenvalue weighted by Crippen LogP contribution is -2.15. The van der Waals surface area contributed by atoms with Crippen LogP contribution in [-0.2, 0) is 4.74 Å². The van der Waals surface area contributed by atoms with Gasteiger partial charge < -0.3 is 10.1 Å². The molecule has 1 heterocycles. The number of hydrogen-bond donors (Lipinski definition) is 1. The number of nitrogens with one attached hydrogen (secondary N) is 1. The molecule has 0 aliphatic heterocycles. The third-order valence-electron chi connectivity index (χ3n) is 2.76. The van der Waals surface area contributed by atoms with Crippen molar-refractivity contribution in [2.45, 2.75) is 6.92 Å². The fraction of sp³-hybridized carbons (Fsp3) is 0.143. The molecule has 1 N–H and O–H groups in total. The van der Waals surface area contributed by atoms with Crippen molar-refractivity contribution in [3.05, 3.63) is 49.1 Å². The second-order valence-corrected chi connectivity index (χ2v) is 6.36. The van der Waals surface area contributed by atoms with Gasteiger partial charge >= 0.3 is 5.97 Å². The molecule has 0 saturated carbocycles. The van der Waals surface area contributed by atoms with Gasteiger partial charge in [0.05, 0.1) is 18.4 Å². The molecule has 0 saturated heterocycles. The van der Waals surface area contributed by atoms with E-state index in [1.54, 1.807) is 23.6 Å². The summed E-state index contributed by atoms with van der Waals surface area (Å²) in [6, 6.07) is 4.88. The Hall–Kier alpha value is -1.37. The molecule has 2 rings (SSSR count). The Morgan fingerprint density at radius 2 is 2.10 bits per heavy atom. The van der Waals surface area contributed by atoms with Gasteiger partial charge in [0.25, 0.3) is 5.91 Å². The molecule has 0 aliphatic carbocycles. The highest BCUT2D eigenvalue weighted by Crippen LogP contribution is 2.30. The minimum atomic E-state index is -0.474. The van der Waals surface area contributed by atoms with Crippen LogP contribution in [0.5, 0.6) is 0 Å². The number of ether oxygens (including phenoxy) is 1. The molecule has 0 bridgehead atoms. The molecule has 0 spiro atoms. The van der Waals surface area contributed by atoms with Crippen LogP contribution >= 0.6 is 38.9 Å². The fourth-order valence-electron chi connectivity index (χ4n) is 1.70. The van der Waals surface area contributed by atoms with E-state index in [9.17, 15) is 9.59 Å². The monoisotopic (exact) mass is 387 g/mol. The highest BCUT2D eigenvalue weighted by atomic mass is 79.9. The SMILES string of the molecule is COC(=O)c1scc(C)c1NC(=O)c1ccc(Cl)cc1Br. The zero-order chi connectivity index (χ0) is 15.6. The molecule has 7 heteroatoms. The summed E-state index contributed by atoms with van der Waals surface area (Å²) in [5, 5.41) is 5.07. The number of aryl methyl sites for hydroxylation is 1. The molecular formula is C14H11BrClNO3S. The summed E-state index contributed by atoms with van der Waals surface area (Å²) >= 11 is 10.4. The summed E-state index contributed by atoms with van der Waals surface area (Å²) in [6.45, 7) is 1.81. The molecule has 4 nitrogen and oxygen atoms in total. The highest BCUT2D eigenvalue weighted by Gasteiger charge is 2.20.